The number of pyridine rings is 1. The third-order valence-electron chi connectivity index (χ3n) is 6.64. The number of nitrogens with zero attached hydrogens (tertiary/aromatic N) is 3. The minimum absolute atomic E-state index is 0.263. The fourth-order valence-corrected chi connectivity index (χ4v) is 5.02. The molecule has 0 saturated carbocycles. The molecule has 0 N–H and O–H groups in total. The summed E-state index contributed by atoms with van der Waals surface area (Å²) in [4.78, 5) is 12.5. The monoisotopic (exact) mass is 453 g/mol. The van der Waals surface area contributed by atoms with Crippen LogP contribution in [0.25, 0.3) is 11.1 Å². The molecule has 1 atom stereocenters. The lowest BCUT2D eigenvalue weighted by atomic mass is 9.87. The van der Waals surface area contributed by atoms with Crippen molar-refractivity contribution in [2.75, 3.05) is 0 Å². The van der Waals surface area contributed by atoms with Gasteiger partial charge in [0.05, 0.1) is 12.8 Å². The van der Waals surface area contributed by atoms with Crippen molar-refractivity contribution in [3.8, 4) is 11.1 Å². The van der Waals surface area contributed by atoms with E-state index in [4.69, 9.17) is 9.25 Å². The summed E-state index contributed by atoms with van der Waals surface area (Å²) in [6.45, 7) is 0.436. The first kappa shape index (κ1) is 20.7. The van der Waals surface area contributed by atoms with Crippen LogP contribution >= 0.6 is 0 Å². The molecule has 170 valence electrons. The summed E-state index contributed by atoms with van der Waals surface area (Å²) in [5.41, 5.74) is 6.08. The van der Waals surface area contributed by atoms with E-state index < -0.39 is 6.23 Å². The number of halogens is 1. The van der Waals surface area contributed by atoms with E-state index in [1.54, 1.807) is 30.8 Å². The predicted molar refractivity (Wildman–Crippen MR) is 127 cm³/mol. The maximum atomic E-state index is 14.7. The third-order valence-corrected chi connectivity index (χ3v) is 6.64. The highest BCUT2D eigenvalue weighted by atomic mass is 19.1. The number of amidine groups is 1. The molecule has 6 heteroatoms. The van der Waals surface area contributed by atoms with Crippen molar-refractivity contribution in [1.29, 1.82) is 0 Å². The fraction of sp³-hybridized carbons (Fsp3) is 0.214. The van der Waals surface area contributed by atoms with E-state index in [2.05, 4.69) is 33.2 Å². The van der Waals surface area contributed by atoms with E-state index in [0.29, 0.717) is 23.7 Å². The molecule has 2 aromatic carbocycles. The first-order valence-corrected chi connectivity index (χ1v) is 11.6. The number of oxime groups is 1. The van der Waals surface area contributed by atoms with Crippen molar-refractivity contribution in [3.63, 3.8) is 0 Å². The summed E-state index contributed by atoms with van der Waals surface area (Å²) in [7, 11) is 0. The van der Waals surface area contributed by atoms with Crippen molar-refractivity contribution in [1.82, 2.24) is 9.88 Å². The molecule has 5 nitrogen and oxygen atoms in total. The Morgan fingerprint density at radius 3 is 2.74 bits per heavy atom. The van der Waals surface area contributed by atoms with Crippen LogP contribution in [0.2, 0.25) is 0 Å². The number of benzene rings is 2. The quantitative estimate of drug-likeness (QED) is 0.358. The zero-order valence-corrected chi connectivity index (χ0v) is 18.7. The maximum absolute atomic E-state index is 14.7. The molecule has 0 amide bonds. The Balaban J connectivity index is 1.43. The lowest BCUT2D eigenvalue weighted by Gasteiger charge is -2.29. The number of aromatic nitrogens is 1. The van der Waals surface area contributed by atoms with Gasteiger partial charge >= 0.3 is 0 Å². The average molecular weight is 454 g/mol. The first-order valence-electron chi connectivity index (χ1n) is 11.6. The van der Waals surface area contributed by atoms with Gasteiger partial charge in [-0.15, -0.1) is 0 Å². The van der Waals surface area contributed by atoms with E-state index in [9.17, 15) is 4.39 Å². The number of aryl methyl sites for hydroxylation is 1. The van der Waals surface area contributed by atoms with Gasteiger partial charge in [0.1, 0.15) is 5.82 Å². The van der Waals surface area contributed by atoms with Crippen LogP contribution in [0.3, 0.4) is 0 Å². The minimum Gasteiger partial charge on any atom is -0.461 e. The summed E-state index contributed by atoms with van der Waals surface area (Å²) in [6.07, 6.45) is 9.20. The van der Waals surface area contributed by atoms with Gasteiger partial charge in [0.2, 0.25) is 12.1 Å². The smallest absolute Gasteiger partial charge is 0.228 e. The zero-order chi connectivity index (χ0) is 22.9. The lowest BCUT2D eigenvalue weighted by molar-refractivity contribution is 0.00499. The van der Waals surface area contributed by atoms with Gasteiger partial charge in [-0.2, -0.15) is 0 Å². The van der Waals surface area contributed by atoms with Gasteiger partial charge in [0.25, 0.3) is 0 Å². The molecule has 34 heavy (non-hydrogen) atoms. The topological polar surface area (TPSA) is 50.9 Å². The molecule has 2 aliphatic rings. The van der Waals surface area contributed by atoms with Crippen LogP contribution in [0.15, 0.2) is 88.9 Å². The van der Waals surface area contributed by atoms with Gasteiger partial charge < -0.3 is 14.2 Å². The normalized spacial score (nSPS) is 17.3. The summed E-state index contributed by atoms with van der Waals surface area (Å²) >= 11 is 0. The molecule has 1 aliphatic carbocycles. The molecule has 0 spiro atoms. The third kappa shape index (κ3) is 3.65. The maximum Gasteiger partial charge on any atom is 0.228 e. The fourth-order valence-electron chi connectivity index (χ4n) is 5.02. The van der Waals surface area contributed by atoms with E-state index in [-0.39, 0.29) is 5.82 Å². The molecule has 3 heterocycles. The zero-order valence-electron chi connectivity index (χ0n) is 18.7. The van der Waals surface area contributed by atoms with Gasteiger partial charge in [-0.25, -0.2) is 4.39 Å². The van der Waals surface area contributed by atoms with E-state index in [1.165, 1.54) is 30.0 Å². The van der Waals surface area contributed by atoms with Gasteiger partial charge in [-0.3, -0.25) is 4.98 Å². The van der Waals surface area contributed by atoms with Gasteiger partial charge in [-0.05, 0) is 72.2 Å². The SMILES string of the molecule is Fc1ccccc1-c1ccncc1CN1C(c2ccco2)=NOC1c1cccc2c1CCCC2. The minimum atomic E-state index is -0.401. The molecule has 1 aliphatic heterocycles. The lowest BCUT2D eigenvalue weighted by Crippen LogP contribution is -2.31. The Kier molecular flexibility index (Phi) is 5.34. The largest absolute Gasteiger partial charge is 0.461 e. The Hall–Kier alpha value is -3.93. The van der Waals surface area contributed by atoms with E-state index in [1.807, 2.05) is 24.3 Å². The predicted octanol–water partition coefficient (Wildman–Crippen LogP) is 6.25. The van der Waals surface area contributed by atoms with Crippen LogP contribution in [0.1, 0.15) is 47.1 Å². The number of fused-ring (bicyclic) bond motifs is 1. The number of hydrogen-bond donors (Lipinski definition) is 0. The average Bonchev–Trinajstić information content (AvgIpc) is 3.55. The van der Waals surface area contributed by atoms with Crippen LogP contribution < -0.4 is 0 Å². The molecule has 1 unspecified atom stereocenters. The summed E-state index contributed by atoms with van der Waals surface area (Å²) in [6, 6.07) is 18.8. The van der Waals surface area contributed by atoms with E-state index in [0.717, 1.165) is 29.5 Å². The van der Waals surface area contributed by atoms with Crippen LogP contribution in [-0.2, 0) is 24.2 Å². The Morgan fingerprint density at radius 2 is 1.85 bits per heavy atom. The van der Waals surface area contributed by atoms with Crippen LogP contribution in [0.5, 0.6) is 0 Å². The van der Waals surface area contributed by atoms with Gasteiger partial charge in [0, 0.05) is 23.5 Å². The van der Waals surface area contributed by atoms with Crippen molar-refractivity contribution >= 4 is 5.84 Å². The molecule has 0 bridgehead atoms. The number of furan rings is 1. The van der Waals surface area contributed by atoms with Crippen LogP contribution in [0, 0.1) is 5.82 Å². The standard InChI is InChI=1S/C28H24FN3O2/c29-25-12-4-3-10-23(25)22-14-15-30-17-20(22)18-32-27(26-13-6-16-33-26)31-34-28(32)24-11-5-8-19-7-1-2-9-21(19)24/h3-6,8,10-17,28H,1-2,7,9,18H2. The van der Waals surface area contributed by atoms with Gasteiger partial charge in [-0.1, -0.05) is 41.6 Å². The summed E-state index contributed by atoms with van der Waals surface area (Å²) < 4.78 is 20.4. The summed E-state index contributed by atoms with van der Waals surface area (Å²) in [5.74, 6) is 0.983. The number of hydrogen-bond acceptors (Lipinski definition) is 5. The van der Waals surface area contributed by atoms with E-state index >= 15 is 0 Å². The van der Waals surface area contributed by atoms with Crippen molar-refractivity contribution < 1.29 is 13.6 Å². The number of rotatable bonds is 5. The van der Waals surface area contributed by atoms with Crippen LogP contribution in [-0.4, -0.2) is 15.7 Å². The highest BCUT2D eigenvalue weighted by Gasteiger charge is 2.36. The Labute approximate surface area is 197 Å². The molecular formula is C28H24FN3O2. The Bertz CT molecular complexity index is 1350. The molecule has 6 rings (SSSR count). The molecule has 4 aromatic rings. The molecule has 0 saturated heterocycles. The van der Waals surface area contributed by atoms with Crippen LogP contribution in [0.4, 0.5) is 4.39 Å². The summed E-state index contributed by atoms with van der Waals surface area (Å²) in [5, 5.41) is 4.44. The van der Waals surface area contributed by atoms with Gasteiger partial charge in [0.15, 0.2) is 5.76 Å². The molecule has 2 aromatic heterocycles. The second kappa shape index (κ2) is 8.78. The molecule has 0 radical (unpaired) electrons. The first-order chi connectivity index (χ1) is 16.8. The van der Waals surface area contributed by atoms with Crippen molar-refractivity contribution in [3.05, 3.63) is 113 Å². The highest BCUT2D eigenvalue weighted by molar-refractivity contribution is 5.97. The Morgan fingerprint density at radius 1 is 0.941 bits per heavy atom. The second-order valence-electron chi connectivity index (χ2n) is 8.68. The van der Waals surface area contributed by atoms with Crippen molar-refractivity contribution in [2.24, 2.45) is 5.16 Å². The second-order valence-corrected chi connectivity index (χ2v) is 8.68. The van der Waals surface area contributed by atoms with Crippen molar-refractivity contribution in [2.45, 2.75) is 38.5 Å². The molecule has 0 fully saturated rings. The molecular weight excluding hydrogens is 429 g/mol. The highest BCUT2D eigenvalue weighted by Crippen LogP contribution is 2.38.